The van der Waals surface area contributed by atoms with Gasteiger partial charge in [-0.1, -0.05) is 46.3 Å². The van der Waals surface area contributed by atoms with Crippen LogP contribution in [0.3, 0.4) is 0 Å². The van der Waals surface area contributed by atoms with Crippen LogP contribution in [0.1, 0.15) is 31.8 Å². The first-order chi connectivity index (χ1) is 14.1. The summed E-state index contributed by atoms with van der Waals surface area (Å²) < 4.78 is 0.942. The largest absolute Gasteiger partial charge is 0.289 e. The van der Waals surface area contributed by atoms with Crippen molar-refractivity contribution >= 4 is 59.8 Å². The van der Waals surface area contributed by atoms with Gasteiger partial charge in [-0.3, -0.25) is 9.59 Å². The molecule has 0 bridgehead atoms. The van der Waals surface area contributed by atoms with Crippen LogP contribution in [-0.2, 0) is 0 Å². The fourth-order valence-corrected chi connectivity index (χ4v) is 4.68. The van der Waals surface area contributed by atoms with Crippen molar-refractivity contribution < 1.29 is 9.59 Å². The Hall–Kier alpha value is -3.30. The number of hydrogen-bond acceptors (Lipinski definition) is 2. The summed E-state index contributed by atoms with van der Waals surface area (Å²) in [5.41, 5.74) is 1.94. The molecule has 5 aromatic carbocycles. The van der Waals surface area contributed by atoms with Gasteiger partial charge < -0.3 is 0 Å². The third kappa shape index (κ3) is 2.41. The normalized spacial score (nSPS) is 13.1. The van der Waals surface area contributed by atoms with Gasteiger partial charge in [-0.25, -0.2) is 0 Å². The molecule has 0 atom stereocenters. The van der Waals surface area contributed by atoms with E-state index in [1.54, 1.807) is 0 Å². The Balaban J connectivity index is 1.64. The molecular formula is C26H13BrO2. The minimum atomic E-state index is -0.0912. The Morgan fingerprint density at radius 2 is 0.862 bits per heavy atom. The molecule has 0 aliphatic heterocycles. The summed E-state index contributed by atoms with van der Waals surface area (Å²) in [5.74, 6) is -0.180. The van der Waals surface area contributed by atoms with Crippen LogP contribution < -0.4 is 0 Å². The Morgan fingerprint density at radius 1 is 0.448 bits per heavy atom. The Kier molecular flexibility index (Phi) is 3.36. The second-order valence-corrected chi connectivity index (χ2v) is 8.41. The molecule has 5 aromatic rings. The third-order valence-electron chi connectivity index (χ3n) is 5.76. The highest BCUT2D eigenvalue weighted by Gasteiger charge is 2.30. The molecule has 1 aliphatic rings. The zero-order valence-corrected chi connectivity index (χ0v) is 16.8. The summed E-state index contributed by atoms with van der Waals surface area (Å²) in [5, 5.41) is 6.06. The quantitative estimate of drug-likeness (QED) is 0.248. The summed E-state index contributed by atoms with van der Waals surface area (Å²) in [6.07, 6.45) is 0. The highest BCUT2D eigenvalue weighted by Crippen LogP contribution is 2.34. The first-order valence-corrected chi connectivity index (χ1v) is 10.2. The summed E-state index contributed by atoms with van der Waals surface area (Å²) in [6, 6.07) is 25.5. The van der Waals surface area contributed by atoms with Crippen LogP contribution in [0.4, 0.5) is 0 Å². The van der Waals surface area contributed by atoms with Gasteiger partial charge in [0.05, 0.1) is 0 Å². The lowest BCUT2D eigenvalue weighted by Crippen LogP contribution is -2.20. The molecule has 0 spiro atoms. The predicted molar refractivity (Wildman–Crippen MR) is 120 cm³/mol. The lowest BCUT2D eigenvalue weighted by Gasteiger charge is -2.19. The average molecular weight is 437 g/mol. The van der Waals surface area contributed by atoms with E-state index in [9.17, 15) is 9.59 Å². The lowest BCUT2D eigenvalue weighted by molar-refractivity contribution is 0.0979. The fourth-order valence-electron chi connectivity index (χ4n) is 4.30. The fraction of sp³-hybridized carbons (Fsp3) is 0. The number of benzene rings is 5. The molecule has 136 valence electrons. The van der Waals surface area contributed by atoms with Gasteiger partial charge in [0.25, 0.3) is 0 Å². The molecule has 1 aliphatic carbocycles. The van der Waals surface area contributed by atoms with Crippen molar-refractivity contribution in [3.63, 3.8) is 0 Å². The number of carbonyl (C=O) groups excluding carboxylic acids is 2. The van der Waals surface area contributed by atoms with Crippen LogP contribution in [0.2, 0.25) is 0 Å². The van der Waals surface area contributed by atoms with Gasteiger partial charge in [-0.15, -0.1) is 0 Å². The van der Waals surface area contributed by atoms with Crippen molar-refractivity contribution in [2.75, 3.05) is 0 Å². The van der Waals surface area contributed by atoms with Crippen molar-refractivity contribution in [3.8, 4) is 0 Å². The maximum Gasteiger partial charge on any atom is 0.194 e. The van der Waals surface area contributed by atoms with Crippen molar-refractivity contribution in [2.24, 2.45) is 0 Å². The van der Waals surface area contributed by atoms with Gasteiger partial charge in [0, 0.05) is 26.7 Å². The van der Waals surface area contributed by atoms with Crippen molar-refractivity contribution in [1.82, 2.24) is 0 Å². The monoisotopic (exact) mass is 436 g/mol. The lowest BCUT2D eigenvalue weighted by atomic mass is 9.81. The van der Waals surface area contributed by atoms with E-state index in [1.165, 1.54) is 0 Å². The second kappa shape index (κ2) is 5.85. The van der Waals surface area contributed by atoms with Gasteiger partial charge in [0.1, 0.15) is 0 Å². The van der Waals surface area contributed by atoms with Crippen LogP contribution in [0, 0.1) is 0 Å². The van der Waals surface area contributed by atoms with E-state index < -0.39 is 0 Å². The van der Waals surface area contributed by atoms with Gasteiger partial charge in [-0.2, -0.15) is 0 Å². The number of carbonyl (C=O) groups is 2. The highest BCUT2D eigenvalue weighted by molar-refractivity contribution is 9.10. The molecule has 0 N–H and O–H groups in total. The van der Waals surface area contributed by atoms with E-state index in [4.69, 9.17) is 0 Å². The molecule has 0 unspecified atom stereocenters. The van der Waals surface area contributed by atoms with E-state index in [0.717, 1.165) is 36.8 Å². The molecule has 0 heterocycles. The molecule has 0 fully saturated rings. The third-order valence-corrected chi connectivity index (χ3v) is 6.25. The van der Waals surface area contributed by atoms with Crippen molar-refractivity contribution in [3.05, 3.63) is 106 Å². The number of fused-ring (bicyclic) bond motifs is 5. The minimum absolute atomic E-state index is 0.0884. The van der Waals surface area contributed by atoms with Gasteiger partial charge >= 0.3 is 0 Å². The maximum atomic E-state index is 13.3. The Labute approximate surface area is 174 Å². The van der Waals surface area contributed by atoms with E-state index >= 15 is 0 Å². The summed E-state index contributed by atoms with van der Waals surface area (Å²) >= 11 is 3.48. The van der Waals surface area contributed by atoms with Crippen LogP contribution in [0.25, 0.3) is 32.3 Å². The number of hydrogen-bond donors (Lipinski definition) is 0. The average Bonchev–Trinajstić information content (AvgIpc) is 2.74. The van der Waals surface area contributed by atoms with E-state index in [0.29, 0.717) is 22.3 Å². The smallest absolute Gasteiger partial charge is 0.194 e. The van der Waals surface area contributed by atoms with Gasteiger partial charge in [0.15, 0.2) is 11.6 Å². The molecule has 29 heavy (non-hydrogen) atoms. The topological polar surface area (TPSA) is 34.1 Å². The number of rotatable bonds is 0. The van der Waals surface area contributed by atoms with E-state index in [-0.39, 0.29) is 11.6 Å². The molecule has 2 nitrogen and oxygen atoms in total. The molecule has 6 rings (SSSR count). The Morgan fingerprint density at radius 3 is 1.38 bits per heavy atom. The zero-order valence-electron chi connectivity index (χ0n) is 15.2. The summed E-state index contributed by atoms with van der Waals surface area (Å²) in [6.45, 7) is 0. The number of ketones is 2. The van der Waals surface area contributed by atoms with Crippen LogP contribution in [0.15, 0.2) is 83.3 Å². The van der Waals surface area contributed by atoms with Crippen molar-refractivity contribution in [1.29, 1.82) is 0 Å². The van der Waals surface area contributed by atoms with Crippen LogP contribution >= 0.6 is 15.9 Å². The van der Waals surface area contributed by atoms with Crippen LogP contribution in [0.5, 0.6) is 0 Å². The second-order valence-electron chi connectivity index (χ2n) is 7.49. The molecule has 0 saturated heterocycles. The van der Waals surface area contributed by atoms with Crippen molar-refractivity contribution in [2.45, 2.75) is 0 Å². The standard InChI is InChI=1S/C26H13BrO2/c27-20-6-5-16-10-21-24(13-19(16)9-20)26(29)23-12-18-8-15-4-2-1-3-14(15)7-17(18)11-22(23)25(21)28/h1-13H. The Bertz CT molecular complexity index is 1550. The highest BCUT2D eigenvalue weighted by atomic mass is 79.9. The molecule has 0 radical (unpaired) electrons. The number of halogens is 1. The molecule has 0 saturated carbocycles. The first-order valence-electron chi connectivity index (χ1n) is 9.38. The molecule has 0 amide bonds. The SMILES string of the molecule is O=C1c2cc3ccc(Br)cc3cc2C(=O)c2cc3cc4ccccc4cc3cc21. The van der Waals surface area contributed by atoms with E-state index in [2.05, 4.69) is 40.2 Å². The molecule has 0 aromatic heterocycles. The van der Waals surface area contributed by atoms with Gasteiger partial charge in [0.2, 0.25) is 0 Å². The summed E-state index contributed by atoms with van der Waals surface area (Å²) in [4.78, 5) is 26.6. The van der Waals surface area contributed by atoms with Crippen LogP contribution in [-0.4, -0.2) is 11.6 Å². The minimum Gasteiger partial charge on any atom is -0.289 e. The predicted octanol–water partition coefficient (Wildman–Crippen LogP) is 6.68. The van der Waals surface area contributed by atoms with Gasteiger partial charge in [-0.05, 0) is 80.8 Å². The van der Waals surface area contributed by atoms with E-state index in [1.807, 2.05) is 54.6 Å². The molecule has 3 heteroatoms. The first kappa shape index (κ1) is 16.6. The zero-order chi connectivity index (χ0) is 19.7. The molecular weight excluding hydrogens is 424 g/mol. The maximum absolute atomic E-state index is 13.3. The summed E-state index contributed by atoms with van der Waals surface area (Å²) in [7, 11) is 0.